The number of amides is 2. The molecule has 0 bridgehead atoms. The number of aliphatic carboxylic acids is 2. The Kier molecular flexibility index (Phi) is 15.1. The number of hydrogen-bond acceptors (Lipinski definition) is 5. The van der Waals surface area contributed by atoms with Crippen LogP contribution in [-0.2, 0) is 38.8 Å². The van der Waals surface area contributed by atoms with E-state index in [0.29, 0.717) is 26.1 Å². The molecule has 9 nitrogen and oxygen atoms in total. The topological polar surface area (TPSA) is 135 Å². The molecule has 0 saturated heterocycles. The number of carbonyl (C=O) groups excluding carboxylic acids is 3. The first-order valence-corrected chi connectivity index (χ1v) is 13.9. The van der Waals surface area contributed by atoms with Gasteiger partial charge in [-0.05, 0) is 11.1 Å². The number of halogens is 3. The molecule has 0 saturated carbocycles. The second-order valence-electron chi connectivity index (χ2n) is 9.80. The molecular weight excluding hydrogens is 579 g/mol. The number of carbonyl (C=O) groups is 4. The number of carboxylic acids is 2. The van der Waals surface area contributed by atoms with Crippen LogP contribution in [0.15, 0.2) is 91.0 Å². The van der Waals surface area contributed by atoms with Crippen molar-refractivity contribution < 1.29 is 47.9 Å². The van der Waals surface area contributed by atoms with Gasteiger partial charge in [0.25, 0.3) is 0 Å². The normalized spacial score (nSPS) is 10.7. The number of nitrogens with two attached hydrogens (primary N) is 1. The standard InChI is InChI=1S/C30H35N3O4.C2HF3O2/c34-28(16-19-31-22-25-10-4-1-5-11-25)32(23-26-12-6-2-7-13-26)20-17-29(35)33(21-18-30(36)37)24-27-14-8-3-9-15-27;3-2(4,5)1(6)7/h1-15,31H,16-24H2,(H,36,37);(H,6,7). The molecular formula is C32H36F3N3O6. The Morgan fingerprint density at radius 1 is 0.659 bits per heavy atom. The predicted octanol–water partition coefficient (Wildman–Crippen LogP) is 2.36. The number of quaternary nitrogens is 1. The van der Waals surface area contributed by atoms with Gasteiger partial charge in [0.05, 0.1) is 19.4 Å². The largest absolute Gasteiger partial charge is 0.542 e. The fourth-order valence-electron chi connectivity index (χ4n) is 4.08. The van der Waals surface area contributed by atoms with Gasteiger partial charge in [-0.25, -0.2) is 0 Å². The maximum atomic E-state index is 13.2. The van der Waals surface area contributed by atoms with Crippen LogP contribution >= 0.6 is 0 Å². The average Bonchev–Trinajstić information content (AvgIpc) is 3.00. The minimum atomic E-state index is -5.19. The van der Waals surface area contributed by atoms with Crippen molar-refractivity contribution in [3.05, 3.63) is 108 Å². The monoisotopic (exact) mass is 615 g/mol. The third-order valence-corrected chi connectivity index (χ3v) is 6.35. The Morgan fingerprint density at radius 3 is 1.45 bits per heavy atom. The summed E-state index contributed by atoms with van der Waals surface area (Å²) in [5.41, 5.74) is 3.15. The molecule has 0 radical (unpaired) electrons. The highest BCUT2D eigenvalue weighted by atomic mass is 19.4. The third-order valence-electron chi connectivity index (χ3n) is 6.35. The highest BCUT2D eigenvalue weighted by Gasteiger charge is 2.28. The molecule has 0 spiro atoms. The molecule has 3 rings (SSSR count). The van der Waals surface area contributed by atoms with Crippen molar-refractivity contribution in [2.24, 2.45) is 0 Å². The lowest BCUT2D eigenvalue weighted by Gasteiger charge is -2.26. The van der Waals surface area contributed by atoms with E-state index in [0.717, 1.165) is 17.7 Å². The summed E-state index contributed by atoms with van der Waals surface area (Å²) in [6, 6.07) is 29.4. The van der Waals surface area contributed by atoms with Crippen molar-refractivity contribution in [2.45, 2.75) is 45.1 Å². The number of rotatable bonds is 15. The summed E-state index contributed by atoms with van der Waals surface area (Å²) in [4.78, 5) is 49.5. The molecule has 3 aromatic rings. The summed E-state index contributed by atoms with van der Waals surface area (Å²) in [6.07, 6.45) is -4.80. The van der Waals surface area contributed by atoms with Crippen molar-refractivity contribution in [1.29, 1.82) is 0 Å². The molecule has 3 N–H and O–H groups in total. The lowest BCUT2D eigenvalue weighted by molar-refractivity contribution is -0.669. The smallest absolute Gasteiger partial charge is 0.430 e. The summed E-state index contributed by atoms with van der Waals surface area (Å²) < 4.78 is 31.5. The van der Waals surface area contributed by atoms with Crippen LogP contribution in [-0.4, -0.2) is 64.5 Å². The number of carboxylic acid groups (broad SMARTS) is 2. The van der Waals surface area contributed by atoms with Gasteiger partial charge in [0, 0.05) is 38.2 Å². The zero-order valence-corrected chi connectivity index (χ0v) is 24.1. The summed E-state index contributed by atoms with van der Waals surface area (Å²) >= 11 is 0. The molecule has 0 aromatic heterocycles. The number of hydrogen-bond donors (Lipinski definition) is 2. The van der Waals surface area contributed by atoms with E-state index >= 15 is 0 Å². The highest BCUT2D eigenvalue weighted by molar-refractivity contribution is 5.79. The maximum Gasteiger partial charge on any atom is 0.430 e. The van der Waals surface area contributed by atoms with Crippen LogP contribution in [0, 0.1) is 0 Å². The predicted molar refractivity (Wildman–Crippen MR) is 153 cm³/mol. The molecule has 0 aliphatic heterocycles. The Morgan fingerprint density at radius 2 is 1.05 bits per heavy atom. The van der Waals surface area contributed by atoms with Crippen LogP contribution in [0.3, 0.4) is 0 Å². The van der Waals surface area contributed by atoms with Crippen LogP contribution in [0.25, 0.3) is 0 Å². The van der Waals surface area contributed by atoms with Gasteiger partial charge in [0.15, 0.2) is 0 Å². The summed E-state index contributed by atoms with van der Waals surface area (Å²) in [5.74, 6) is -4.11. The van der Waals surface area contributed by atoms with Crippen molar-refractivity contribution in [1.82, 2.24) is 9.80 Å². The summed E-state index contributed by atoms with van der Waals surface area (Å²) in [7, 11) is 0. The molecule has 0 aliphatic rings. The minimum Gasteiger partial charge on any atom is -0.542 e. The highest BCUT2D eigenvalue weighted by Crippen LogP contribution is 2.12. The van der Waals surface area contributed by atoms with Crippen molar-refractivity contribution in [3.8, 4) is 0 Å². The van der Waals surface area contributed by atoms with E-state index in [9.17, 15) is 27.6 Å². The Bertz CT molecular complexity index is 1310. The van der Waals surface area contributed by atoms with Crippen molar-refractivity contribution in [2.75, 3.05) is 19.6 Å². The first kappa shape index (κ1) is 35.5. The lowest BCUT2D eigenvalue weighted by atomic mass is 10.1. The van der Waals surface area contributed by atoms with E-state index in [1.54, 1.807) is 9.80 Å². The van der Waals surface area contributed by atoms with Gasteiger partial charge < -0.3 is 30.1 Å². The van der Waals surface area contributed by atoms with Crippen LogP contribution in [0.5, 0.6) is 0 Å². The molecule has 44 heavy (non-hydrogen) atoms. The van der Waals surface area contributed by atoms with Gasteiger partial charge in [-0.2, -0.15) is 13.2 Å². The molecule has 12 heteroatoms. The number of benzene rings is 3. The fraction of sp³-hybridized carbons (Fsp3) is 0.312. The molecule has 2 amide bonds. The van der Waals surface area contributed by atoms with Gasteiger partial charge in [-0.3, -0.25) is 14.4 Å². The van der Waals surface area contributed by atoms with Crippen LogP contribution in [0.2, 0.25) is 0 Å². The summed E-state index contributed by atoms with van der Waals surface area (Å²) in [6.45, 7) is 2.65. The van der Waals surface area contributed by atoms with Crippen LogP contribution < -0.4 is 10.4 Å². The Labute approximate surface area is 253 Å². The Hall–Kier alpha value is -4.71. The SMILES string of the molecule is O=C(O)CCN(Cc1ccccc1)C(=O)CCN(Cc1ccccc1)C(=O)CC[NH2+]Cc1ccccc1.O=C([O-])C(F)(F)F. The van der Waals surface area contributed by atoms with Gasteiger partial charge in [-0.15, -0.1) is 0 Å². The van der Waals surface area contributed by atoms with Crippen LogP contribution in [0.4, 0.5) is 13.2 Å². The molecule has 236 valence electrons. The first-order chi connectivity index (χ1) is 21.0. The van der Waals surface area contributed by atoms with Gasteiger partial charge in [0.2, 0.25) is 11.8 Å². The molecule has 0 aliphatic carbocycles. The van der Waals surface area contributed by atoms with E-state index in [1.165, 1.54) is 5.56 Å². The number of nitrogens with zero attached hydrogens (tertiary/aromatic N) is 2. The zero-order chi connectivity index (χ0) is 32.4. The van der Waals surface area contributed by atoms with Crippen LogP contribution in [0.1, 0.15) is 36.0 Å². The first-order valence-electron chi connectivity index (χ1n) is 13.9. The maximum absolute atomic E-state index is 13.2. The quantitative estimate of drug-likeness (QED) is 0.252. The summed E-state index contributed by atoms with van der Waals surface area (Å²) in [5, 5.41) is 20.0. The number of alkyl halides is 3. The fourth-order valence-corrected chi connectivity index (χ4v) is 4.08. The average molecular weight is 616 g/mol. The van der Waals surface area contributed by atoms with E-state index in [4.69, 9.17) is 15.0 Å². The molecule has 3 aromatic carbocycles. The Balaban J connectivity index is 0.000000860. The van der Waals surface area contributed by atoms with E-state index in [2.05, 4.69) is 17.4 Å². The van der Waals surface area contributed by atoms with Crippen molar-refractivity contribution in [3.63, 3.8) is 0 Å². The van der Waals surface area contributed by atoms with Crippen molar-refractivity contribution >= 4 is 23.8 Å². The lowest BCUT2D eigenvalue weighted by Crippen LogP contribution is -2.83. The molecule has 0 heterocycles. The van der Waals surface area contributed by atoms with Gasteiger partial charge in [0.1, 0.15) is 12.5 Å². The van der Waals surface area contributed by atoms with Gasteiger partial charge in [-0.1, -0.05) is 91.0 Å². The minimum absolute atomic E-state index is 0.00103. The van der Waals surface area contributed by atoms with E-state index < -0.39 is 18.1 Å². The molecule has 0 unspecified atom stereocenters. The molecule has 0 atom stereocenters. The molecule has 0 fully saturated rings. The van der Waals surface area contributed by atoms with E-state index in [-0.39, 0.29) is 37.7 Å². The van der Waals surface area contributed by atoms with E-state index in [1.807, 2.05) is 78.9 Å². The third kappa shape index (κ3) is 14.5. The van der Waals surface area contributed by atoms with Gasteiger partial charge >= 0.3 is 12.1 Å². The zero-order valence-electron chi connectivity index (χ0n) is 24.1. The second-order valence-corrected chi connectivity index (χ2v) is 9.80. The second kappa shape index (κ2) is 18.7.